The Morgan fingerprint density at radius 1 is 0.667 bits per heavy atom. The zero-order valence-corrected chi connectivity index (χ0v) is 14.6. The van der Waals surface area contributed by atoms with Crippen LogP contribution in [0.4, 0.5) is 0 Å². The number of hydrogen-bond donors (Lipinski definition) is 0. The van der Waals surface area contributed by atoms with Crippen LogP contribution >= 0.6 is 0 Å². The second-order valence-corrected chi connectivity index (χ2v) is 5.48. The van der Waals surface area contributed by atoms with Crippen LogP contribution in [0.5, 0.6) is 11.5 Å². The third-order valence-electron chi connectivity index (χ3n) is 3.58. The number of unbranched alkanes of at least 4 members (excludes halogenated alkanes) is 1. The average molecular weight is 322 g/mol. The van der Waals surface area contributed by atoms with Crippen molar-refractivity contribution in [2.24, 2.45) is 0 Å². The molecular formula is C22H26O2. The molecule has 24 heavy (non-hydrogen) atoms. The van der Waals surface area contributed by atoms with Gasteiger partial charge >= 0.3 is 0 Å². The standard InChI is InChI=1S/C22H26O2/c1-3-11-19-13-5-7-15-21(19)23-17-9-10-18-24-22-16-8-6-14-20(22)12-4-2/h3-8,11-16H,9-10,17-18H2,1-2H3/b11-3+,12-4+. The summed E-state index contributed by atoms with van der Waals surface area (Å²) in [6.45, 7) is 5.43. The molecule has 0 amide bonds. The van der Waals surface area contributed by atoms with Gasteiger partial charge in [-0.1, -0.05) is 60.7 Å². The summed E-state index contributed by atoms with van der Waals surface area (Å²) in [7, 11) is 0. The maximum Gasteiger partial charge on any atom is 0.126 e. The van der Waals surface area contributed by atoms with E-state index in [1.165, 1.54) is 0 Å². The second-order valence-electron chi connectivity index (χ2n) is 5.48. The van der Waals surface area contributed by atoms with Crippen LogP contribution in [0.1, 0.15) is 37.8 Å². The number of allylic oxidation sites excluding steroid dienone is 2. The van der Waals surface area contributed by atoms with Crippen molar-refractivity contribution in [3.8, 4) is 11.5 Å². The molecule has 0 bridgehead atoms. The molecule has 0 atom stereocenters. The highest BCUT2D eigenvalue weighted by atomic mass is 16.5. The fraction of sp³-hybridized carbons (Fsp3) is 0.273. The van der Waals surface area contributed by atoms with Gasteiger partial charge in [-0.2, -0.15) is 0 Å². The summed E-state index contributed by atoms with van der Waals surface area (Å²) in [5.41, 5.74) is 2.24. The Morgan fingerprint density at radius 3 is 1.50 bits per heavy atom. The van der Waals surface area contributed by atoms with Crippen LogP contribution in [-0.4, -0.2) is 13.2 Å². The molecule has 0 saturated carbocycles. The van der Waals surface area contributed by atoms with Crippen molar-refractivity contribution in [1.82, 2.24) is 0 Å². The number of hydrogen-bond acceptors (Lipinski definition) is 2. The lowest BCUT2D eigenvalue weighted by Crippen LogP contribution is -2.03. The van der Waals surface area contributed by atoms with Gasteiger partial charge in [0.2, 0.25) is 0 Å². The van der Waals surface area contributed by atoms with Gasteiger partial charge in [0.05, 0.1) is 13.2 Å². The van der Waals surface area contributed by atoms with E-state index in [4.69, 9.17) is 9.47 Å². The predicted octanol–water partition coefficient (Wildman–Crippen LogP) is 5.99. The van der Waals surface area contributed by atoms with Crippen molar-refractivity contribution in [2.45, 2.75) is 26.7 Å². The van der Waals surface area contributed by atoms with Crippen LogP contribution in [0.3, 0.4) is 0 Å². The SMILES string of the molecule is C/C=C/c1ccccc1OCCCCOc1ccccc1/C=C/C. The van der Waals surface area contributed by atoms with Crippen LogP contribution in [0.25, 0.3) is 12.2 Å². The van der Waals surface area contributed by atoms with E-state index < -0.39 is 0 Å². The van der Waals surface area contributed by atoms with E-state index in [0.29, 0.717) is 13.2 Å². The molecule has 2 rings (SSSR count). The topological polar surface area (TPSA) is 18.5 Å². The smallest absolute Gasteiger partial charge is 0.126 e. The fourth-order valence-electron chi connectivity index (χ4n) is 2.43. The summed E-state index contributed by atoms with van der Waals surface area (Å²) >= 11 is 0. The first-order chi connectivity index (χ1) is 11.8. The van der Waals surface area contributed by atoms with Crippen LogP contribution in [-0.2, 0) is 0 Å². The summed E-state index contributed by atoms with van der Waals surface area (Å²) in [5.74, 6) is 1.88. The summed E-state index contributed by atoms with van der Waals surface area (Å²) in [6, 6.07) is 16.2. The summed E-state index contributed by atoms with van der Waals surface area (Å²) < 4.78 is 11.8. The molecular weight excluding hydrogens is 296 g/mol. The first-order valence-electron chi connectivity index (χ1n) is 8.54. The lowest BCUT2D eigenvalue weighted by atomic mass is 10.2. The first kappa shape index (κ1) is 17.9. The minimum Gasteiger partial charge on any atom is -0.493 e. The Bertz CT molecular complexity index is 612. The van der Waals surface area contributed by atoms with E-state index in [1.54, 1.807) is 0 Å². The molecule has 0 saturated heterocycles. The number of benzene rings is 2. The molecule has 0 spiro atoms. The Morgan fingerprint density at radius 2 is 1.08 bits per heavy atom. The van der Waals surface area contributed by atoms with Crippen LogP contribution < -0.4 is 9.47 Å². The highest BCUT2D eigenvalue weighted by Gasteiger charge is 2.01. The highest BCUT2D eigenvalue weighted by Crippen LogP contribution is 2.21. The van der Waals surface area contributed by atoms with E-state index in [2.05, 4.69) is 24.3 Å². The van der Waals surface area contributed by atoms with Crippen LogP contribution in [0.15, 0.2) is 60.7 Å². The third kappa shape index (κ3) is 5.62. The van der Waals surface area contributed by atoms with Crippen LogP contribution in [0, 0.1) is 0 Å². The van der Waals surface area contributed by atoms with E-state index in [1.807, 2.05) is 62.4 Å². The predicted molar refractivity (Wildman–Crippen MR) is 103 cm³/mol. The van der Waals surface area contributed by atoms with Crippen molar-refractivity contribution in [2.75, 3.05) is 13.2 Å². The Balaban J connectivity index is 1.73. The van der Waals surface area contributed by atoms with Gasteiger partial charge in [-0.15, -0.1) is 0 Å². The van der Waals surface area contributed by atoms with Gasteiger partial charge in [-0.05, 0) is 38.8 Å². The monoisotopic (exact) mass is 322 g/mol. The maximum atomic E-state index is 5.89. The molecule has 2 heteroatoms. The molecule has 0 N–H and O–H groups in total. The largest absolute Gasteiger partial charge is 0.493 e. The Labute approximate surface area is 145 Å². The quantitative estimate of drug-likeness (QED) is 0.528. The minimum absolute atomic E-state index is 0.703. The van der Waals surface area contributed by atoms with Crippen molar-refractivity contribution >= 4 is 12.2 Å². The summed E-state index contributed by atoms with van der Waals surface area (Å²) in [5, 5.41) is 0. The molecule has 0 radical (unpaired) electrons. The maximum absolute atomic E-state index is 5.89. The summed E-state index contributed by atoms with van der Waals surface area (Å²) in [6.07, 6.45) is 10.1. The van der Waals surface area contributed by atoms with Crippen molar-refractivity contribution < 1.29 is 9.47 Å². The lowest BCUT2D eigenvalue weighted by Gasteiger charge is -2.11. The fourth-order valence-corrected chi connectivity index (χ4v) is 2.43. The van der Waals surface area contributed by atoms with Crippen molar-refractivity contribution in [3.05, 3.63) is 71.8 Å². The van der Waals surface area contributed by atoms with Gasteiger partial charge in [0, 0.05) is 11.1 Å². The zero-order chi connectivity index (χ0) is 17.0. The van der Waals surface area contributed by atoms with Gasteiger partial charge in [0.25, 0.3) is 0 Å². The van der Waals surface area contributed by atoms with Gasteiger partial charge in [-0.25, -0.2) is 0 Å². The normalized spacial score (nSPS) is 11.2. The Hall–Kier alpha value is -2.48. The van der Waals surface area contributed by atoms with Crippen molar-refractivity contribution in [1.29, 1.82) is 0 Å². The third-order valence-corrected chi connectivity index (χ3v) is 3.58. The molecule has 0 aliphatic carbocycles. The van der Waals surface area contributed by atoms with Gasteiger partial charge in [-0.3, -0.25) is 0 Å². The molecule has 2 aromatic carbocycles. The average Bonchev–Trinajstić information content (AvgIpc) is 2.61. The Kier molecular flexibility index (Phi) is 7.69. The molecule has 2 nitrogen and oxygen atoms in total. The molecule has 0 heterocycles. The van der Waals surface area contributed by atoms with Gasteiger partial charge < -0.3 is 9.47 Å². The van der Waals surface area contributed by atoms with E-state index in [-0.39, 0.29) is 0 Å². The molecule has 2 aromatic rings. The van der Waals surface area contributed by atoms with E-state index in [9.17, 15) is 0 Å². The highest BCUT2D eigenvalue weighted by molar-refractivity contribution is 5.57. The van der Waals surface area contributed by atoms with Gasteiger partial charge in [0.15, 0.2) is 0 Å². The van der Waals surface area contributed by atoms with Gasteiger partial charge in [0.1, 0.15) is 11.5 Å². The molecule has 0 fully saturated rings. The minimum atomic E-state index is 0.703. The zero-order valence-electron chi connectivity index (χ0n) is 14.6. The number of rotatable bonds is 9. The number of ether oxygens (including phenoxy) is 2. The molecule has 0 unspecified atom stereocenters. The first-order valence-corrected chi connectivity index (χ1v) is 8.54. The van der Waals surface area contributed by atoms with Crippen LogP contribution in [0.2, 0.25) is 0 Å². The van der Waals surface area contributed by atoms with Crippen molar-refractivity contribution in [3.63, 3.8) is 0 Å². The summed E-state index contributed by atoms with van der Waals surface area (Å²) in [4.78, 5) is 0. The van der Waals surface area contributed by atoms with E-state index in [0.717, 1.165) is 35.5 Å². The molecule has 0 aliphatic rings. The van der Waals surface area contributed by atoms with E-state index >= 15 is 0 Å². The number of para-hydroxylation sites is 2. The molecule has 126 valence electrons. The second kappa shape index (κ2) is 10.3. The molecule has 0 aromatic heterocycles. The molecule has 0 aliphatic heterocycles. The lowest BCUT2D eigenvalue weighted by molar-refractivity contribution is 0.266.